The molecule has 2 aliphatic carbocycles. The first-order chi connectivity index (χ1) is 7.22. The lowest BCUT2D eigenvalue weighted by molar-refractivity contribution is -0.143. The van der Waals surface area contributed by atoms with Crippen molar-refractivity contribution >= 4 is 5.91 Å². The van der Waals surface area contributed by atoms with E-state index >= 15 is 0 Å². The number of carbonyl (C=O) groups excluding carboxylic acids is 1. The van der Waals surface area contributed by atoms with Crippen molar-refractivity contribution in [3.05, 3.63) is 0 Å². The fourth-order valence-electron chi connectivity index (χ4n) is 2.17. The van der Waals surface area contributed by atoms with Crippen molar-refractivity contribution in [3.8, 4) is 6.07 Å². The maximum Gasteiger partial charge on any atom is 0.243 e. The summed E-state index contributed by atoms with van der Waals surface area (Å²) >= 11 is 0. The van der Waals surface area contributed by atoms with E-state index in [4.69, 9.17) is 5.26 Å². The van der Waals surface area contributed by atoms with Crippen molar-refractivity contribution < 1.29 is 4.79 Å². The van der Waals surface area contributed by atoms with Crippen molar-refractivity contribution in [1.29, 1.82) is 5.26 Å². The van der Waals surface area contributed by atoms with Crippen LogP contribution in [0.15, 0.2) is 0 Å². The molecule has 2 aliphatic rings. The van der Waals surface area contributed by atoms with Gasteiger partial charge in [-0.3, -0.25) is 4.79 Å². The number of nitrogens with zero attached hydrogens (tertiary/aromatic N) is 2. The third kappa shape index (κ3) is 1.86. The molecule has 2 rings (SSSR count). The van der Waals surface area contributed by atoms with Gasteiger partial charge in [-0.05, 0) is 44.9 Å². The van der Waals surface area contributed by atoms with Crippen molar-refractivity contribution in [1.82, 2.24) is 4.90 Å². The van der Waals surface area contributed by atoms with Crippen molar-refractivity contribution in [3.63, 3.8) is 0 Å². The van der Waals surface area contributed by atoms with Gasteiger partial charge in [-0.2, -0.15) is 5.26 Å². The molecule has 0 saturated heterocycles. The minimum Gasteiger partial charge on any atom is -0.341 e. The Kier molecular flexibility index (Phi) is 2.68. The zero-order chi connectivity index (χ0) is 10.9. The highest BCUT2D eigenvalue weighted by Crippen LogP contribution is 2.42. The Hall–Kier alpha value is -1.04. The molecular weight excluding hydrogens is 188 g/mol. The Bertz CT molecular complexity index is 297. The molecule has 0 aromatic carbocycles. The van der Waals surface area contributed by atoms with Gasteiger partial charge in [0.1, 0.15) is 5.41 Å². The van der Waals surface area contributed by atoms with Crippen LogP contribution in [-0.4, -0.2) is 23.9 Å². The molecule has 0 aliphatic heterocycles. The summed E-state index contributed by atoms with van der Waals surface area (Å²) in [5.41, 5.74) is -0.648. The second-order valence-electron chi connectivity index (χ2n) is 4.83. The van der Waals surface area contributed by atoms with Gasteiger partial charge in [-0.25, -0.2) is 0 Å². The van der Waals surface area contributed by atoms with Crippen LogP contribution in [0.2, 0.25) is 0 Å². The fourth-order valence-corrected chi connectivity index (χ4v) is 2.17. The van der Waals surface area contributed by atoms with E-state index in [0.717, 1.165) is 32.4 Å². The maximum absolute atomic E-state index is 12.2. The molecule has 15 heavy (non-hydrogen) atoms. The Labute approximate surface area is 91.1 Å². The first-order valence-electron chi connectivity index (χ1n) is 5.92. The van der Waals surface area contributed by atoms with Gasteiger partial charge >= 0.3 is 0 Å². The lowest BCUT2D eigenvalue weighted by Crippen LogP contribution is -2.47. The summed E-state index contributed by atoms with van der Waals surface area (Å²) in [7, 11) is 0. The summed E-state index contributed by atoms with van der Waals surface area (Å²) in [4.78, 5) is 14.1. The molecule has 3 heteroatoms. The molecular formula is C12H18N2O. The first kappa shape index (κ1) is 10.5. The molecule has 1 amide bonds. The van der Waals surface area contributed by atoms with E-state index in [9.17, 15) is 4.79 Å². The van der Waals surface area contributed by atoms with E-state index in [1.54, 1.807) is 0 Å². The van der Waals surface area contributed by atoms with Gasteiger partial charge in [-0.1, -0.05) is 0 Å². The number of amides is 1. The molecule has 0 unspecified atom stereocenters. The Morgan fingerprint density at radius 3 is 2.53 bits per heavy atom. The summed E-state index contributed by atoms with van der Waals surface area (Å²) in [5, 5.41) is 9.10. The normalized spacial score (nSPS) is 22.7. The first-order valence-corrected chi connectivity index (χ1v) is 5.92. The molecule has 0 aromatic rings. The number of rotatable bonds is 4. The predicted molar refractivity (Wildman–Crippen MR) is 56.9 cm³/mol. The van der Waals surface area contributed by atoms with E-state index in [-0.39, 0.29) is 5.91 Å². The predicted octanol–water partition coefficient (Wildman–Crippen LogP) is 1.94. The van der Waals surface area contributed by atoms with Crippen LogP contribution in [0.4, 0.5) is 0 Å². The third-order valence-corrected chi connectivity index (χ3v) is 3.67. The standard InChI is InChI=1S/C12H18N2O/c1-2-14(8-10-4-5-10)11(15)12(9-13)6-3-7-12/h10H,2-8H2,1H3. The smallest absolute Gasteiger partial charge is 0.243 e. The van der Waals surface area contributed by atoms with E-state index in [2.05, 4.69) is 6.07 Å². The lowest BCUT2D eigenvalue weighted by atomic mass is 9.69. The molecule has 0 radical (unpaired) electrons. The molecule has 0 N–H and O–H groups in total. The van der Waals surface area contributed by atoms with E-state index in [1.807, 2.05) is 11.8 Å². The summed E-state index contributed by atoms with van der Waals surface area (Å²) in [5.74, 6) is 0.801. The number of hydrogen-bond acceptors (Lipinski definition) is 2. The molecule has 2 saturated carbocycles. The average molecular weight is 206 g/mol. The van der Waals surface area contributed by atoms with Gasteiger partial charge in [0, 0.05) is 13.1 Å². The number of carbonyl (C=O) groups is 1. The topological polar surface area (TPSA) is 44.1 Å². The van der Waals surface area contributed by atoms with E-state index in [1.165, 1.54) is 12.8 Å². The van der Waals surface area contributed by atoms with Gasteiger partial charge in [0.2, 0.25) is 5.91 Å². The van der Waals surface area contributed by atoms with Gasteiger partial charge in [0.25, 0.3) is 0 Å². The van der Waals surface area contributed by atoms with Crippen LogP contribution in [0.1, 0.15) is 39.0 Å². The molecule has 0 spiro atoms. The van der Waals surface area contributed by atoms with Crippen molar-refractivity contribution in [2.45, 2.75) is 39.0 Å². The zero-order valence-electron chi connectivity index (χ0n) is 9.33. The highest BCUT2D eigenvalue weighted by molar-refractivity contribution is 5.86. The highest BCUT2D eigenvalue weighted by atomic mass is 16.2. The molecule has 0 heterocycles. The van der Waals surface area contributed by atoms with Crippen LogP contribution in [0.25, 0.3) is 0 Å². The Morgan fingerprint density at radius 1 is 1.53 bits per heavy atom. The maximum atomic E-state index is 12.2. The van der Waals surface area contributed by atoms with Crippen LogP contribution < -0.4 is 0 Å². The van der Waals surface area contributed by atoms with Crippen LogP contribution in [0, 0.1) is 22.7 Å². The van der Waals surface area contributed by atoms with E-state index < -0.39 is 5.41 Å². The highest BCUT2D eigenvalue weighted by Gasteiger charge is 2.47. The third-order valence-electron chi connectivity index (χ3n) is 3.67. The lowest BCUT2D eigenvalue weighted by Gasteiger charge is -2.37. The van der Waals surface area contributed by atoms with Crippen molar-refractivity contribution in [2.24, 2.45) is 11.3 Å². The van der Waals surface area contributed by atoms with Gasteiger partial charge in [-0.15, -0.1) is 0 Å². The summed E-state index contributed by atoms with van der Waals surface area (Å²) in [6.07, 6.45) is 5.07. The second-order valence-corrected chi connectivity index (χ2v) is 4.83. The Balaban J connectivity index is 2.00. The monoisotopic (exact) mass is 206 g/mol. The quantitative estimate of drug-likeness (QED) is 0.705. The molecule has 0 aromatic heterocycles. The Morgan fingerprint density at radius 2 is 2.20 bits per heavy atom. The number of nitriles is 1. The zero-order valence-corrected chi connectivity index (χ0v) is 9.33. The van der Waals surface area contributed by atoms with Crippen LogP contribution in [0.5, 0.6) is 0 Å². The molecule has 0 atom stereocenters. The molecule has 3 nitrogen and oxygen atoms in total. The second kappa shape index (κ2) is 3.84. The molecule has 82 valence electrons. The largest absolute Gasteiger partial charge is 0.341 e. The van der Waals surface area contributed by atoms with E-state index in [0.29, 0.717) is 5.92 Å². The van der Waals surface area contributed by atoms with Crippen LogP contribution in [-0.2, 0) is 4.79 Å². The minimum absolute atomic E-state index is 0.0886. The van der Waals surface area contributed by atoms with Crippen molar-refractivity contribution in [2.75, 3.05) is 13.1 Å². The molecule has 2 fully saturated rings. The minimum atomic E-state index is -0.648. The summed E-state index contributed by atoms with van der Waals surface area (Å²) in [6, 6.07) is 2.23. The van der Waals surface area contributed by atoms with Gasteiger partial charge in [0.15, 0.2) is 0 Å². The number of hydrogen-bond donors (Lipinski definition) is 0. The summed E-state index contributed by atoms with van der Waals surface area (Å²) in [6.45, 7) is 3.63. The molecule has 0 bridgehead atoms. The van der Waals surface area contributed by atoms with Gasteiger partial charge in [0.05, 0.1) is 6.07 Å². The average Bonchev–Trinajstić information content (AvgIpc) is 2.96. The van der Waals surface area contributed by atoms with Gasteiger partial charge < -0.3 is 4.90 Å². The SMILES string of the molecule is CCN(CC1CC1)C(=O)C1(C#N)CCC1. The van der Waals surface area contributed by atoms with Crippen LogP contribution in [0.3, 0.4) is 0 Å². The fraction of sp³-hybridized carbons (Fsp3) is 0.833. The van der Waals surface area contributed by atoms with Crippen LogP contribution >= 0.6 is 0 Å². The summed E-state index contributed by atoms with van der Waals surface area (Å²) < 4.78 is 0.